The lowest BCUT2D eigenvalue weighted by atomic mass is 10.0. The van der Waals surface area contributed by atoms with E-state index in [0.29, 0.717) is 48.1 Å². The van der Waals surface area contributed by atoms with E-state index in [0.717, 1.165) is 47.2 Å². The van der Waals surface area contributed by atoms with Crippen LogP contribution in [0.1, 0.15) is 125 Å². The molecule has 350 valence electrons. The van der Waals surface area contributed by atoms with Gasteiger partial charge < -0.3 is 34.9 Å². The molecule has 2 aliphatic rings. The van der Waals surface area contributed by atoms with Gasteiger partial charge in [-0.05, 0) is 120 Å². The maximum Gasteiger partial charge on any atom is 0.408 e. The van der Waals surface area contributed by atoms with Gasteiger partial charge in [0, 0.05) is 29.8 Å². The molecule has 0 saturated carbocycles. The third-order valence-corrected chi connectivity index (χ3v) is 11.6. The van der Waals surface area contributed by atoms with Crippen LogP contribution in [0.2, 0.25) is 0 Å². The average molecular weight is 916 g/mol. The second kappa shape index (κ2) is 20.0. The van der Waals surface area contributed by atoms with Crippen LogP contribution in [0.4, 0.5) is 9.59 Å². The van der Waals surface area contributed by atoms with Crippen molar-refractivity contribution < 1.29 is 28.7 Å². The normalized spacial score (nSPS) is 16.9. The zero-order valence-corrected chi connectivity index (χ0v) is 39.2. The fraction of sp³-hybridized carbons (Fsp3) is 0.340. The van der Waals surface area contributed by atoms with Crippen molar-refractivity contribution in [3.8, 4) is 34.5 Å². The van der Waals surface area contributed by atoms with Gasteiger partial charge in [-0.1, -0.05) is 84.6 Å². The molecule has 2 fully saturated rings. The van der Waals surface area contributed by atoms with Gasteiger partial charge in [0.25, 0.3) is 11.8 Å². The molecule has 4 atom stereocenters. The summed E-state index contributed by atoms with van der Waals surface area (Å²) in [5.74, 6) is 7.78. The van der Waals surface area contributed by atoms with Gasteiger partial charge in [0.2, 0.25) is 0 Å². The smallest absolute Gasteiger partial charge is 0.408 e. The molecular formula is C53H57N9O6. The third-order valence-electron chi connectivity index (χ3n) is 11.6. The number of alkyl carbamates (subject to hydrolysis) is 2. The molecule has 0 bridgehead atoms. The molecule has 2 saturated heterocycles. The first-order valence-corrected chi connectivity index (χ1v) is 23.0. The zero-order valence-electron chi connectivity index (χ0n) is 39.2. The Morgan fingerprint density at radius 3 is 1.56 bits per heavy atom. The van der Waals surface area contributed by atoms with Crippen molar-refractivity contribution in [3.63, 3.8) is 0 Å². The van der Waals surface area contributed by atoms with Gasteiger partial charge in [0.05, 0.1) is 24.0 Å². The number of benzene rings is 4. The number of hydrogen-bond donors (Lipinski definition) is 4. The number of likely N-dealkylation sites (tertiary alicyclic amines) is 2. The molecule has 4 amide bonds. The number of imidazole rings is 1. The van der Waals surface area contributed by atoms with Gasteiger partial charge in [0.15, 0.2) is 5.82 Å². The molecule has 4 heterocycles. The van der Waals surface area contributed by atoms with E-state index in [2.05, 4.69) is 37.7 Å². The molecule has 2 aromatic heterocycles. The number of carbonyl (C=O) groups excluding carboxylic acids is 4. The number of rotatable bonds is 10. The Hall–Kier alpha value is -7.73. The number of aromatic nitrogens is 5. The lowest BCUT2D eigenvalue weighted by Gasteiger charge is -2.29. The number of nitrogens with one attached hydrogen (secondary N) is 4. The lowest BCUT2D eigenvalue weighted by Crippen LogP contribution is -2.44. The van der Waals surface area contributed by atoms with Gasteiger partial charge in [-0.25, -0.2) is 19.6 Å². The maximum atomic E-state index is 14.1. The second-order valence-electron chi connectivity index (χ2n) is 19.0. The van der Waals surface area contributed by atoms with Crippen molar-refractivity contribution in [1.82, 2.24) is 45.6 Å². The van der Waals surface area contributed by atoms with Crippen molar-refractivity contribution in [2.75, 3.05) is 13.1 Å². The van der Waals surface area contributed by atoms with Gasteiger partial charge >= 0.3 is 12.2 Å². The minimum Gasteiger partial charge on any atom is -0.444 e. The molecule has 15 heteroatoms. The van der Waals surface area contributed by atoms with Gasteiger partial charge in [-0.2, -0.15) is 5.10 Å². The zero-order chi connectivity index (χ0) is 48.0. The van der Waals surface area contributed by atoms with Crippen molar-refractivity contribution in [2.24, 2.45) is 0 Å². The quantitative estimate of drug-likeness (QED) is 0.0973. The molecule has 0 aliphatic carbocycles. The number of H-pyrrole nitrogens is 2. The Bertz CT molecular complexity index is 2590. The minimum absolute atomic E-state index is 0.224. The van der Waals surface area contributed by atoms with Crippen molar-refractivity contribution in [1.29, 1.82) is 0 Å². The highest BCUT2D eigenvalue weighted by molar-refractivity contribution is 5.88. The largest absolute Gasteiger partial charge is 0.444 e. The standard InChI is InChI=1S/C53H57N9O6/c1-52(2,3)67-50(65)56-43(37-15-9-7-10-16-37)48(63)61-31-13-19-41(61)46-54-33-40(55-46)36-27-23-34(24-28-36)21-22-35-25-29-39(30-26-35)45-58-47(60-59-45)42-20-14-32-62(42)49(64)44(38-17-11-8-12-18-38)57-51(66)68-53(4,5)6/h7-12,15-18,23-30,33,41-44H,13-14,19-20,31-32H2,1-6H3,(H,54,55)(H,56,65)(H,57,66)(H,58,59,60). The van der Waals surface area contributed by atoms with Crippen molar-refractivity contribution >= 4 is 24.0 Å². The Labute approximate surface area is 396 Å². The molecule has 15 nitrogen and oxygen atoms in total. The Kier molecular flexibility index (Phi) is 13.8. The predicted molar refractivity (Wildman–Crippen MR) is 256 cm³/mol. The van der Waals surface area contributed by atoms with Crippen LogP contribution in [-0.4, -0.2) is 83.2 Å². The average Bonchev–Trinajstić information content (AvgIpc) is 4.16. The fourth-order valence-corrected chi connectivity index (χ4v) is 8.46. The molecule has 6 aromatic rings. The SMILES string of the molecule is CC(C)(C)OC(=O)NC(C(=O)N1CCCC1c1nc(-c2ccc(C#Cc3ccc(-c4cnc(C5CCCN5C(=O)C(NC(=O)OC(C)(C)C)c5ccccc5)[nH]4)cc3)cc2)n[nH]1)c1ccccc1. The number of amides is 4. The van der Waals surface area contributed by atoms with Gasteiger partial charge in [0.1, 0.15) is 34.9 Å². The predicted octanol–water partition coefficient (Wildman–Crippen LogP) is 9.12. The summed E-state index contributed by atoms with van der Waals surface area (Å²) in [6, 6.07) is 31.4. The molecule has 68 heavy (non-hydrogen) atoms. The molecule has 8 rings (SSSR count). The number of nitrogens with zero attached hydrogens (tertiary/aromatic N) is 5. The first-order chi connectivity index (χ1) is 32.6. The third kappa shape index (κ3) is 11.4. The molecule has 0 radical (unpaired) electrons. The van der Waals surface area contributed by atoms with Crippen molar-refractivity contribution in [2.45, 2.75) is 103 Å². The summed E-state index contributed by atoms with van der Waals surface area (Å²) in [6.07, 6.45) is 3.46. The Morgan fingerprint density at radius 2 is 1.09 bits per heavy atom. The van der Waals surface area contributed by atoms with Crippen LogP contribution in [0.3, 0.4) is 0 Å². The fourth-order valence-electron chi connectivity index (χ4n) is 8.46. The second-order valence-corrected chi connectivity index (χ2v) is 19.0. The molecule has 2 aliphatic heterocycles. The van der Waals surface area contributed by atoms with Gasteiger partial charge in [-0.15, -0.1) is 0 Å². The van der Waals surface area contributed by atoms with E-state index in [9.17, 15) is 19.2 Å². The van der Waals surface area contributed by atoms with Crippen LogP contribution >= 0.6 is 0 Å². The monoisotopic (exact) mass is 915 g/mol. The molecular weight excluding hydrogens is 859 g/mol. The summed E-state index contributed by atoms with van der Waals surface area (Å²) < 4.78 is 11.0. The van der Waals surface area contributed by atoms with Crippen LogP contribution in [0, 0.1) is 11.8 Å². The summed E-state index contributed by atoms with van der Waals surface area (Å²) in [5.41, 5.74) is 4.07. The van der Waals surface area contributed by atoms with E-state index in [4.69, 9.17) is 19.4 Å². The van der Waals surface area contributed by atoms with E-state index in [-0.39, 0.29) is 23.9 Å². The molecule has 0 spiro atoms. The topological polar surface area (TPSA) is 188 Å². The first kappa shape index (κ1) is 46.8. The first-order valence-electron chi connectivity index (χ1n) is 23.0. The highest BCUT2D eigenvalue weighted by Gasteiger charge is 2.39. The molecule has 4 unspecified atom stereocenters. The minimum atomic E-state index is -0.934. The summed E-state index contributed by atoms with van der Waals surface area (Å²) in [6.45, 7) is 11.7. The van der Waals surface area contributed by atoms with E-state index < -0.39 is 35.5 Å². The summed E-state index contributed by atoms with van der Waals surface area (Å²) in [7, 11) is 0. The van der Waals surface area contributed by atoms with Crippen LogP contribution in [0.5, 0.6) is 0 Å². The number of ether oxygens (including phenoxy) is 2. The van der Waals surface area contributed by atoms with Crippen LogP contribution < -0.4 is 10.6 Å². The highest BCUT2D eigenvalue weighted by atomic mass is 16.6. The Morgan fingerprint density at radius 1 is 0.632 bits per heavy atom. The van der Waals surface area contributed by atoms with E-state index in [1.165, 1.54) is 0 Å². The molecule has 4 N–H and O–H groups in total. The summed E-state index contributed by atoms with van der Waals surface area (Å²) in [5, 5.41) is 13.2. The summed E-state index contributed by atoms with van der Waals surface area (Å²) >= 11 is 0. The lowest BCUT2D eigenvalue weighted by molar-refractivity contribution is -0.135. The highest BCUT2D eigenvalue weighted by Crippen LogP contribution is 2.36. The van der Waals surface area contributed by atoms with Crippen LogP contribution in [0.25, 0.3) is 22.6 Å². The maximum absolute atomic E-state index is 14.1. The Balaban J connectivity index is 0.898. The van der Waals surface area contributed by atoms with Crippen LogP contribution in [0.15, 0.2) is 115 Å². The number of hydrogen-bond acceptors (Lipinski definition) is 9. The molecule has 4 aromatic carbocycles. The van der Waals surface area contributed by atoms with E-state index >= 15 is 0 Å². The number of aromatic amines is 2. The van der Waals surface area contributed by atoms with Gasteiger partial charge in [-0.3, -0.25) is 14.7 Å². The van der Waals surface area contributed by atoms with Crippen LogP contribution in [-0.2, 0) is 19.1 Å². The van der Waals surface area contributed by atoms with E-state index in [1.807, 2.05) is 109 Å². The number of carbonyl (C=O) groups is 4. The summed E-state index contributed by atoms with van der Waals surface area (Å²) in [4.78, 5) is 70.5. The van der Waals surface area contributed by atoms with Crippen molar-refractivity contribution in [3.05, 3.63) is 149 Å². The van der Waals surface area contributed by atoms with E-state index in [1.54, 1.807) is 57.5 Å².